The number of rotatable bonds is 2. The smallest absolute Gasteiger partial charge is 0.341 e. The Morgan fingerprint density at radius 1 is 0.882 bits per heavy atom. The van der Waals surface area contributed by atoms with Gasteiger partial charge in [-0.25, -0.2) is 4.79 Å². The summed E-state index contributed by atoms with van der Waals surface area (Å²) >= 11 is 23.5. The minimum absolute atomic E-state index is 0.0176. The van der Waals surface area contributed by atoms with Crippen LogP contribution >= 0.6 is 46.4 Å². The van der Waals surface area contributed by atoms with Crippen LogP contribution < -0.4 is 0 Å². The highest BCUT2D eigenvalue weighted by atomic mass is 35.5. The number of ketones is 1. The van der Waals surface area contributed by atoms with Gasteiger partial charge in [-0.15, -0.1) is 0 Å². The molecule has 0 aliphatic carbocycles. The summed E-state index contributed by atoms with van der Waals surface area (Å²) < 4.78 is 4.50. The van der Waals surface area contributed by atoms with Crippen molar-refractivity contribution in [2.75, 3.05) is 7.11 Å². The van der Waals surface area contributed by atoms with Gasteiger partial charge < -0.3 is 4.74 Å². The van der Waals surface area contributed by atoms with Crippen LogP contribution in [0.3, 0.4) is 0 Å². The normalized spacial score (nSPS) is 10.2. The average molecular weight is 316 g/mol. The number of Topliss-reactive ketones (excluding diaryl/α,β-unsaturated/α-hetero) is 1. The van der Waals surface area contributed by atoms with E-state index in [9.17, 15) is 9.59 Å². The lowest BCUT2D eigenvalue weighted by Crippen LogP contribution is -2.07. The lowest BCUT2D eigenvalue weighted by molar-refractivity contribution is 0.0601. The second-order valence-corrected chi connectivity index (χ2v) is 4.57. The summed E-state index contributed by atoms with van der Waals surface area (Å²) in [6.07, 6.45) is 0. The molecule has 0 amide bonds. The zero-order valence-corrected chi connectivity index (χ0v) is 11.8. The predicted octanol–water partition coefficient (Wildman–Crippen LogP) is 4.29. The Bertz CT molecular complexity index is 482. The number of esters is 1. The molecule has 0 aromatic heterocycles. The second kappa shape index (κ2) is 5.44. The third kappa shape index (κ3) is 2.52. The average Bonchev–Trinajstić information content (AvgIpc) is 2.26. The molecule has 0 aliphatic heterocycles. The number of methoxy groups -OCH3 is 1. The Hall–Kier alpha value is -0.480. The number of carbonyl (C=O) groups excluding carboxylic acids is 2. The number of halogens is 4. The van der Waals surface area contributed by atoms with Crippen LogP contribution in [0.1, 0.15) is 27.6 Å². The van der Waals surface area contributed by atoms with E-state index < -0.39 is 11.8 Å². The van der Waals surface area contributed by atoms with Gasteiger partial charge in [0.15, 0.2) is 5.78 Å². The van der Waals surface area contributed by atoms with Crippen molar-refractivity contribution in [1.82, 2.24) is 0 Å². The lowest BCUT2D eigenvalue weighted by Gasteiger charge is -2.12. The highest BCUT2D eigenvalue weighted by molar-refractivity contribution is 6.52. The summed E-state index contributed by atoms with van der Waals surface area (Å²) in [5.74, 6) is -1.18. The van der Waals surface area contributed by atoms with Gasteiger partial charge in [0, 0.05) is 0 Å². The number of ether oxygens (including phenoxy) is 1. The van der Waals surface area contributed by atoms with Crippen molar-refractivity contribution >= 4 is 58.2 Å². The van der Waals surface area contributed by atoms with Gasteiger partial charge >= 0.3 is 5.97 Å². The Balaban J connectivity index is 3.70. The highest BCUT2D eigenvalue weighted by Gasteiger charge is 2.26. The Morgan fingerprint density at radius 3 is 1.53 bits per heavy atom. The van der Waals surface area contributed by atoms with E-state index >= 15 is 0 Å². The molecule has 1 aromatic carbocycles. The van der Waals surface area contributed by atoms with Crippen molar-refractivity contribution in [3.8, 4) is 0 Å². The number of hydrogen-bond donors (Lipinski definition) is 0. The molecule has 92 valence electrons. The van der Waals surface area contributed by atoms with Crippen molar-refractivity contribution in [2.45, 2.75) is 6.92 Å². The number of carbonyl (C=O) groups is 2. The van der Waals surface area contributed by atoms with Crippen molar-refractivity contribution < 1.29 is 14.3 Å². The predicted molar refractivity (Wildman–Crippen MR) is 67.8 cm³/mol. The first kappa shape index (κ1) is 14.6. The van der Waals surface area contributed by atoms with Crippen LogP contribution in [-0.4, -0.2) is 18.9 Å². The van der Waals surface area contributed by atoms with Crippen molar-refractivity contribution in [2.24, 2.45) is 0 Å². The summed E-state index contributed by atoms with van der Waals surface area (Å²) in [6.45, 7) is 1.26. The van der Waals surface area contributed by atoms with E-state index in [2.05, 4.69) is 4.74 Å². The van der Waals surface area contributed by atoms with E-state index in [1.54, 1.807) is 0 Å². The van der Waals surface area contributed by atoms with Crippen LogP contribution in [0.15, 0.2) is 0 Å². The molecule has 0 unspecified atom stereocenters. The second-order valence-electron chi connectivity index (χ2n) is 3.05. The molecule has 1 rings (SSSR count). The van der Waals surface area contributed by atoms with Gasteiger partial charge in [-0.2, -0.15) is 0 Å². The molecule has 0 fully saturated rings. The minimum Gasteiger partial charge on any atom is -0.465 e. The molecule has 0 N–H and O–H groups in total. The first-order chi connectivity index (χ1) is 7.82. The monoisotopic (exact) mass is 314 g/mol. The van der Waals surface area contributed by atoms with E-state index in [0.29, 0.717) is 0 Å². The maximum absolute atomic E-state index is 11.4. The van der Waals surface area contributed by atoms with E-state index in [0.717, 1.165) is 7.11 Å². The molecule has 1 aromatic rings. The van der Waals surface area contributed by atoms with Gasteiger partial charge in [-0.1, -0.05) is 46.4 Å². The van der Waals surface area contributed by atoms with Crippen molar-refractivity contribution in [3.63, 3.8) is 0 Å². The van der Waals surface area contributed by atoms with Gasteiger partial charge in [-0.3, -0.25) is 4.79 Å². The summed E-state index contributed by atoms with van der Waals surface area (Å²) in [5, 5.41) is -0.542. The molecule has 0 aliphatic rings. The van der Waals surface area contributed by atoms with Crippen molar-refractivity contribution in [3.05, 3.63) is 31.2 Å². The zero-order valence-electron chi connectivity index (χ0n) is 8.74. The largest absolute Gasteiger partial charge is 0.465 e. The molecule has 17 heavy (non-hydrogen) atoms. The molecular weight excluding hydrogens is 310 g/mol. The maximum atomic E-state index is 11.4. The topological polar surface area (TPSA) is 43.4 Å². The van der Waals surface area contributed by atoms with Gasteiger partial charge in [-0.05, 0) is 6.92 Å². The zero-order chi connectivity index (χ0) is 13.3. The maximum Gasteiger partial charge on any atom is 0.341 e. The first-order valence-electron chi connectivity index (χ1n) is 4.28. The van der Waals surface area contributed by atoms with Gasteiger partial charge in [0.05, 0.1) is 38.3 Å². The van der Waals surface area contributed by atoms with Crippen LogP contribution in [0, 0.1) is 0 Å². The molecule has 0 radical (unpaired) electrons. The molecule has 0 atom stereocenters. The third-order valence-corrected chi connectivity index (χ3v) is 3.71. The molecule has 0 saturated carbocycles. The van der Waals surface area contributed by atoms with Crippen LogP contribution in [-0.2, 0) is 4.74 Å². The van der Waals surface area contributed by atoms with E-state index in [4.69, 9.17) is 46.4 Å². The Kier molecular flexibility index (Phi) is 4.67. The molecule has 0 saturated heterocycles. The fourth-order valence-corrected chi connectivity index (χ4v) is 2.50. The van der Waals surface area contributed by atoms with Gasteiger partial charge in [0.1, 0.15) is 0 Å². The molecule has 7 heteroatoms. The lowest BCUT2D eigenvalue weighted by atomic mass is 10.1. The quantitative estimate of drug-likeness (QED) is 0.464. The van der Waals surface area contributed by atoms with Crippen LogP contribution in [0.5, 0.6) is 0 Å². The molecular formula is C10H6Cl4O3. The van der Waals surface area contributed by atoms with Crippen molar-refractivity contribution in [1.29, 1.82) is 0 Å². The van der Waals surface area contributed by atoms with Crippen LogP contribution in [0.2, 0.25) is 20.1 Å². The van der Waals surface area contributed by atoms with E-state index in [1.807, 2.05) is 0 Å². The highest BCUT2D eigenvalue weighted by Crippen LogP contribution is 2.41. The number of benzene rings is 1. The molecule has 3 nitrogen and oxygen atoms in total. The Labute approximate surface area is 118 Å². The SMILES string of the molecule is COC(=O)c1c(Cl)c(Cl)c(C(C)=O)c(Cl)c1Cl. The summed E-state index contributed by atoms with van der Waals surface area (Å²) in [7, 11) is 1.16. The third-order valence-electron chi connectivity index (χ3n) is 2.00. The fraction of sp³-hybridized carbons (Fsp3) is 0.200. The Morgan fingerprint density at radius 2 is 1.24 bits per heavy atom. The summed E-state index contributed by atoms with van der Waals surface area (Å²) in [5.41, 5.74) is -0.174. The van der Waals surface area contributed by atoms with Gasteiger partial charge in [0.2, 0.25) is 0 Å². The van der Waals surface area contributed by atoms with Crippen LogP contribution in [0.25, 0.3) is 0 Å². The first-order valence-corrected chi connectivity index (χ1v) is 5.79. The fourth-order valence-electron chi connectivity index (χ4n) is 1.22. The van der Waals surface area contributed by atoms with E-state index in [-0.39, 0.29) is 31.2 Å². The van der Waals surface area contributed by atoms with Crippen LogP contribution in [0.4, 0.5) is 0 Å². The van der Waals surface area contributed by atoms with E-state index in [1.165, 1.54) is 6.92 Å². The molecule has 0 heterocycles. The number of hydrogen-bond acceptors (Lipinski definition) is 3. The molecule has 0 spiro atoms. The minimum atomic E-state index is -0.779. The standard InChI is InChI=1S/C10H6Cl4O3/c1-3(15)4-6(11)8(13)5(10(16)17-2)9(14)7(4)12/h1-2H3. The van der Waals surface area contributed by atoms with Gasteiger partial charge in [0.25, 0.3) is 0 Å². The summed E-state index contributed by atoms with van der Waals surface area (Å²) in [4.78, 5) is 22.8. The molecule has 0 bridgehead atoms. The summed E-state index contributed by atoms with van der Waals surface area (Å²) in [6, 6.07) is 0.